The molecule has 0 bridgehead atoms. The van der Waals surface area contributed by atoms with Gasteiger partial charge in [-0.1, -0.05) is 51.2 Å². The monoisotopic (exact) mass is 258 g/mol. The van der Waals surface area contributed by atoms with Gasteiger partial charge in [0.25, 0.3) is 5.97 Å². The number of carboxylic acid groups (broad SMARTS) is 1. The van der Waals surface area contributed by atoms with Crippen molar-refractivity contribution in [1.82, 2.24) is 0 Å². The van der Waals surface area contributed by atoms with Crippen molar-refractivity contribution in [2.24, 2.45) is 0 Å². The Morgan fingerprint density at radius 3 is 1.89 bits per heavy atom. The second-order valence-electron chi connectivity index (χ2n) is 4.41. The van der Waals surface area contributed by atoms with Gasteiger partial charge >= 0.3 is 0 Å². The van der Waals surface area contributed by atoms with Crippen LogP contribution in [0.2, 0.25) is 0 Å². The van der Waals surface area contributed by atoms with Crippen molar-refractivity contribution in [3.63, 3.8) is 0 Å². The van der Waals surface area contributed by atoms with Crippen LogP contribution in [-0.2, 0) is 4.79 Å². The van der Waals surface area contributed by atoms with E-state index in [1.54, 1.807) is 0 Å². The van der Waals surface area contributed by atoms with Crippen molar-refractivity contribution in [2.75, 3.05) is 6.61 Å². The van der Waals surface area contributed by atoms with E-state index in [1.807, 2.05) is 0 Å². The molecule has 0 spiro atoms. The second kappa shape index (κ2) is 18.5. The molecule has 0 saturated heterocycles. The third-order valence-electron chi connectivity index (χ3n) is 2.40. The predicted molar refractivity (Wildman–Crippen MR) is 76.8 cm³/mol. The fourth-order valence-corrected chi connectivity index (χ4v) is 1.48. The molecule has 0 atom stereocenters. The normalized spacial score (nSPS) is 10.2. The molecule has 0 radical (unpaired) electrons. The van der Waals surface area contributed by atoms with Crippen molar-refractivity contribution >= 4 is 5.97 Å². The molecule has 0 fully saturated rings. The van der Waals surface area contributed by atoms with Gasteiger partial charge in [0.05, 0.1) is 0 Å². The highest BCUT2D eigenvalue weighted by Crippen LogP contribution is 2.07. The molecule has 3 heteroatoms. The van der Waals surface area contributed by atoms with Gasteiger partial charge in [0, 0.05) is 13.5 Å². The van der Waals surface area contributed by atoms with Crippen LogP contribution in [0.15, 0.2) is 12.2 Å². The molecule has 0 aliphatic carbocycles. The Morgan fingerprint density at radius 2 is 1.39 bits per heavy atom. The summed E-state index contributed by atoms with van der Waals surface area (Å²) in [6.07, 6.45) is 15.8. The minimum absolute atomic E-state index is 0.361. The van der Waals surface area contributed by atoms with E-state index in [1.165, 1.54) is 51.4 Å². The SMILES string of the molecule is CC(=O)O.CCCC=CCCCCCCCCO. The first kappa shape index (κ1) is 19.5. The fraction of sp³-hybridized carbons (Fsp3) is 0.800. The van der Waals surface area contributed by atoms with Gasteiger partial charge in [-0.2, -0.15) is 0 Å². The Balaban J connectivity index is 0. The first-order valence-electron chi connectivity index (χ1n) is 7.10. The Morgan fingerprint density at radius 1 is 0.944 bits per heavy atom. The summed E-state index contributed by atoms with van der Waals surface area (Å²) in [6, 6.07) is 0. The molecule has 0 amide bonds. The lowest BCUT2D eigenvalue weighted by Crippen LogP contribution is -1.83. The lowest BCUT2D eigenvalue weighted by Gasteiger charge is -1.98. The van der Waals surface area contributed by atoms with Crippen LogP contribution in [0.25, 0.3) is 0 Å². The zero-order valence-electron chi connectivity index (χ0n) is 12.0. The molecule has 0 aromatic heterocycles. The van der Waals surface area contributed by atoms with Gasteiger partial charge in [-0.05, 0) is 25.7 Å². The zero-order valence-corrected chi connectivity index (χ0v) is 12.0. The molecule has 0 rings (SSSR count). The standard InChI is InChI=1S/C13H26O.C2H4O2/c1-2-3-4-5-6-7-8-9-10-11-12-13-14;1-2(3)4/h4-5,14H,2-3,6-13H2,1H3;1H3,(H,3,4). The highest BCUT2D eigenvalue weighted by molar-refractivity contribution is 5.62. The topological polar surface area (TPSA) is 57.5 Å². The van der Waals surface area contributed by atoms with Crippen LogP contribution in [0.1, 0.15) is 71.6 Å². The highest BCUT2D eigenvalue weighted by atomic mass is 16.4. The maximum atomic E-state index is 9.00. The number of allylic oxidation sites excluding steroid dienone is 2. The summed E-state index contributed by atoms with van der Waals surface area (Å²) >= 11 is 0. The van der Waals surface area contributed by atoms with Crippen LogP contribution in [0.4, 0.5) is 0 Å². The minimum Gasteiger partial charge on any atom is -0.481 e. The number of carboxylic acids is 1. The Hall–Kier alpha value is -0.830. The summed E-state index contributed by atoms with van der Waals surface area (Å²) in [5.41, 5.74) is 0. The van der Waals surface area contributed by atoms with E-state index in [0.29, 0.717) is 6.61 Å². The molecule has 0 saturated carbocycles. The first-order valence-corrected chi connectivity index (χ1v) is 7.10. The van der Waals surface area contributed by atoms with Crippen molar-refractivity contribution in [1.29, 1.82) is 0 Å². The van der Waals surface area contributed by atoms with Crippen LogP contribution < -0.4 is 0 Å². The van der Waals surface area contributed by atoms with E-state index in [2.05, 4.69) is 19.1 Å². The quantitative estimate of drug-likeness (QED) is 0.457. The van der Waals surface area contributed by atoms with E-state index < -0.39 is 5.97 Å². The van der Waals surface area contributed by atoms with Gasteiger partial charge in [-0.3, -0.25) is 4.79 Å². The third-order valence-corrected chi connectivity index (χ3v) is 2.40. The summed E-state index contributed by atoms with van der Waals surface area (Å²) in [6.45, 7) is 3.66. The van der Waals surface area contributed by atoms with E-state index in [0.717, 1.165) is 13.3 Å². The second-order valence-corrected chi connectivity index (χ2v) is 4.41. The number of rotatable bonds is 10. The molecule has 0 aliphatic rings. The largest absolute Gasteiger partial charge is 0.481 e. The average molecular weight is 258 g/mol. The molecular weight excluding hydrogens is 228 g/mol. The number of aliphatic hydroxyl groups is 1. The number of aliphatic hydroxyl groups excluding tert-OH is 1. The summed E-state index contributed by atoms with van der Waals surface area (Å²) in [7, 11) is 0. The van der Waals surface area contributed by atoms with Crippen molar-refractivity contribution in [3.8, 4) is 0 Å². The average Bonchev–Trinajstić information content (AvgIpc) is 2.31. The highest BCUT2D eigenvalue weighted by Gasteiger charge is 1.89. The molecule has 3 nitrogen and oxygen atoms in total. The third kappa shape index (κ3) is 29.4. The van der Waals surface area contributed by atoms with Gasteiger partial charge in [0.2, 0.25) is 0 Å². The van der Waals surface area contributed by atoms with Crippen LogP contribution in [-0.4, -0.2) is 22.8 Å². The number of hydrogen-bond donors (Lipinski definition) is 2. The minimum atomic E-state index is -0.833. The molecular formula is C15H30O3. The summed E-state index contributed by atoms with van der Waals surface area (Å²) < 4.78 is 0. The number of hydrogen-bond acceptors (Lipinski definition) is 2. The fourth-order valence-electron chi connectivity index (χ4n) is 1.48. The maximum Gasteiger partial charge on any atom is 0.300 e. The van der Waals surface area contributed by atoms with Crippen LogP contribution in [0.3, 0.4) is 0 Å². The molecule has 2 N–H and O–H groups in total. The summed E-state index contributed by atoms with van der Waals surface area (Å²) in [5, 5.41) is 16.0. The molecule has 0 heterocycles. The lowest BCUT2D eigenvalue weighted by molar-refractivity contribution is -0.134. The van der Waals surface area contributed by atoms with Gasteiger partial charge in [-0.25, -0.2) is 0 Å². The zero-order chi connectivity index (χ0) is 14.1. The van der Waals surface area contributed by atoms with E-state index in [-0.39, 0.29) is 0 Å². The van der Waals surface area contributed by atoms with Crippen LogP contribution >= 0.6 is 0 Å². The maximum absolute atomic E-state index is 9.00. The number of carbonyl (C=O) groups is 1. The Bertz CT molecular complexity index is 184. The number of aliphatic carboxylic acids is 1. The van der Waals surface area contributed by atoms with Crippen LogP contribution in [0.5, 0.6) is 0 Å². The van der Waals surface area contributed by atoms with Crippen molar-refractivity contribution in [3.05, 3.63) is 12.2 Å². The molecule has 0 aromatic carbocycles. The first-order chi connectivity index (χ1) is 8.65. The molecule has 108 valence electrons. The molecule has 0 unspecified atom stereocenters. The van der Waals surface area contributed by atoms with Crippen LogP contribution in [0, 0.1) is 0 Å². The molecule has 0 aromatic rings. The van der Waals surface area contributed by atoms with E-state index in [4.69, 9.17) is 15.0 Å². The summed E-state index contributed by atoms with van der Waals surface area (Å²) in [4.78, 5) is 9.00. The van der Waals surface area contributed by atoms with Crippen molar-refractivity contribution < 1.29 is 15.0 Å². The van der Waals surface area contributed by atoms with Gasteiger partial charge < -0.3 is 10.2 Å². The van der Waals surface area contributed by atoms with Gasteiger partial charge in [0.15, 0.2) is 0 Å². The lowest BCUT2D eigenvalue weighted by atomic mass is 10.1. The predicted octanol–water partition coefficient (Wildman–Crippen LogP) is 4.16. The molecule has 18 heavy (non-hydrogen) atoms. The van der Waals surface area contributed by atoms with Gasteiger partial charge in [0.1, 0.15) is 0 Å². The smallest absolute Gasteiger partial charge is 0.300 e. The van der Waals surface area contributed by atoms with E-state index >= 15 is 0 Å². The van der Waals surface area contributed by atoms with Gasteiger partial charge in [-0.15, -0.1) is 0 Å². The Labute approximate surface area is 112 Å². The summed E-state index contributed by atoms with van der Waals surface area (Å²) in [5.74, 6) is -0.833. The Kier molecular flexibility index (Phi) is 20.1. The van der Waals surface area contributed by atoms with E-state index in [9.17, 15) is 0 Å². The molecule has 0 aliphatic heterocycles. The number of unbranched alkanes of at least 4 members (excludes halogenated alkanes) is 7. The van der Waals surface area contributed by atoms with Crippen molar-refractivity contribution in [2.45, 2.75) is 71.6 Å².